The number of rotatable bonds is 6. The quantitative estimate of drug-likeness (QED) is 0.732. The molecule has 0 bridgehead atoms. The molecule has 0 aromatic heterocycles. The third-order valence-electron chi connectivity index (χ3n) is 5.06. The predicted molar refractivity (Wildman–Crippen MR) is 117 cm³/mol. The van der Waals surface area contributed by atoms with Crippen molar-refractivity contribution in [1.29, 1.82) is 0 Å². The van der Waals surface area contributed by atoms with Gasteiger partial charge in [-0.05, 0) is 37.9 Å². The molecule has 2 aromatic rings. The van der Waals surface area contributed by atoms with Crippen LogP contribution in [0.1, 0.15) is 28.9 Å². The standard InChI is InChI=1S/C21H24ClN3O4S/c1-14-13-30(28,29)25(21(14)27)16-9-10-17(18(22)11-16)20(26)23-12-19(24(2)3)15-7-5-4-6-8-15/h4-11,14,19H,12-13H2,1-3H3,(H,23,26). The fraction of sp³-hybridized carbons (Fsp3) is 0.333. The molecule has 0 radical (unpaired) electrons. The number of anilines is 1. The molecule has 2 aromatic carbocycles. The van der Waals surface area contributed by atoms with Crippen LogP contribution in [-0.2, 0) is 14.8 Å². The maximum absolute atomic E-state index is 12.7. The number of nitrogens with zero attached hydrogens (tertiary/aromatic N) is 2. The van der Waals surface area contributed by atoms with Gasteiger partial charge in [0.15, 0.2) is 0 Å². The lowest BCUT2D eigenvalue weighted by molar-refractivity contribution is -0.119. The molecule has 1 saturated heterocycles. The Labute approximate surface area is 181 Å². The first-order chi connectivity index (χ1) is 14.1. The van der Waals surface area contributed by atoms with Crippen LogP contribution in [0.4, 0.5) is 5.69 Å². The molecule has 30 heavy (non-hydrogen) atoms. The SMILES string of the molecule is CC1CS(=O)(=O)N(c2ccc(C(=O)NCC(c3ccccc3)N(C)C)c(Cl)c2)C1=O. The first kappa shape index (κ1) is 22.3. The number of likely N-dealkylation sites (N-methyl/N-ethyl adjacent to an activating group) is 1. The summed E-state index contributed by atoms with van der Waals surface area (Å²) >= 11 is 6.27. The summed E-state index contributed by atoms with van der Waals surface area (Å²) in [6, 6.07) is 14.0. The predicted octanol–water partition coefficient (Wildman–Crippen LogP) is 2.69. The normalized spacial score (nSPS) is 19.2. The third kappa shape index (κ3) is 4.50. The number of carbonyl (C=O) groups is 2. The van der Waals surface area contributed by atoms with Gasteiger partial charge in [-0.1, -0.05) is 48.9 Å². The lowest BCUT2D eigenvalue weighted by atomic mass is 10.1. The monoisotopic (exact) mass is 449 g/mol. The Kier molecular flexibility index (Phi) is 6.50. The van der Waals surface area contributed by atoms with Gasteiger partial charge in [0.2, 0.25) is 15.9 Å². The van der Waals surface area contributed by atoms with Crippen molar-refractivity contribution >= 4 is 39.1 Å². The van der Waals surface area contributed by atoms with Gasteiger partial charge in [0.1, 0.15) is 0 Å². The Morgan fingerprint density at radius 2 is 1.90 bits per heavy atom. The Morgan fingerprint density at radius 1 is 1.23 bits per heavy atom. The van der Waals surface area contributed by atoms with E-state index in [1.807, 2.05) is 49.3 Å². The number of carbonyl (C=O) groups excluding carboxylic acids is 2. The molecule has 1 fully saturated rings. The fourth-order valence-corrected chi connectivity index (χ4v) is 5.53. The summed E-state index contributed by atoms with van der Waals surface area (Å²) in [6.45, 7) is 1.93. The molecule has 160 valence electrons. The zero-order chi connectivity index (χ0) is 22.1. The Balaban J connectivity index is 1.77. The fourth-order valence-electron chi connectivity index (χ4n) is 3.46. The number of halogens is 1. The van der Waals surface area contributed by atoms with Crippen LogP contribution in [-0.4, -0.2) is 51.5 Å². The summed E-state index contributed by atoms with van der Waals surface area (Å²) in [5, 5.41) is 2.95. The van der Waals surface area contributed by atoms with E-state index in [1.165, 1.54) is 18.2 Å². The van der Waals surface area contributed by atoms with Gasteiger partial charge in [-0.25, -0.2) is 12.7 Å². The van der Waals surface area contributed by atoms with E-state index in [0.29, 0.717) is 6.54 Å². The van der Waals surface area contributed by atoms with Crippen LogP contribution in [0.5, 0.6) is 0 Å². The smallest absolute Gasteiger partial charge is 0.252 e. The van der Waals surface area contributed by atoms with Gasteiger partial charge in [-0.2, -0.15) is 0 Å². The van der Waals surface area contributed by atoms with Crippen LogP contribution in [0, 0.1) is 5.92 Å². The molecule has 0 aliphatic carbocycles. The van der Waals surface area contributed by atoms with Gasteiger partial charge in [0.25, 0.3) is 5.91 Å². The second-order valence-electron chi connectivity index (χ2n) is 7.55. The number of hydrogen-bond acceptors (Lipinski definition) is 5. The molecule has 2 atom stereocenters. The molecule has 2 unspecified atom stereocenters. The van der Waals surface area contributed by atoms with Crippen LogP contribution in [0.3, 0.4) is 0 Å². The van der Waals surface area contributed by atoms with Crippen molar-refractivity contribution in [2.75, 3.05) is 30.7 Å². The van der Waals surface area contributed by atoms with Gasteiger partial charge >= 0.3 is 0 Å². The van der Waals surface area contributed by atoms with Crippen molar-refractivity contribution < 1.29 is 18.0 Å². The minimum absolute atomic E-state index is 0.0259. The first-order valence-corrected chi connectivity index (χ1v) is 11.5. The van der Waals surface area contributed by atoms with Crippen LogP contribution in [0.25, 0.3) is 0 Å². The van der Waals surface area contributed by atoms with Crippen molar-refractivity contribution in [2.24, 2.45) is 5.92 Å². The summed E-state index contributed by atoms with van der Waals surface area (Å²) in [5.41, 5.74) is 1.42. The molecule has 7 nitrogen and oxygen atoms in total. The van der Waals surface area contributed by atoms with Crippen molar-refractivity contribution in [3.8, 4) is 0 Å². The molecule has 1 aliphatic rings. The second kappa shape index (κ2) is 8.75. The van der Waals surface area contributed by atoms with E-state index < -0.39 is 21.8 Å². The number of nitrogens with one attached hydrogen (secondary N) is 1. The summed E-state index contributed by atoms with van der Waals surface area (Å²) in [6.07, 6.45) is 0. The third-order valence-corrected chi connectivity index (χ3v) is 7.24. The van der Waals surface area contributed by atoms with E-state index in [-0.39, 0.29) is 34.0 Å². The van der Waals surface area contributed by atoms with E-state index in [1.54, 1.807) is 6.92 Å². The second-order valence-corrected chi connectivity index (χ2v) is 9.82. The molecule has 1 aliphatic heterocycles. The molecular formula is C21H24ClN3O4S. The van der Waals surface area contributed by atoms with Crippen molar-refractivity contribution in [2.45, 2.75) is 13.0 Å². The van der Waals surface area contributed by atoms with E-state index in [2.05, 4.69) is 5.32 Å². The number of benzene rings is 2. The van der Waals surface area contributed by atoms with Gasteiger partial charge in [-0.3, -0.25) is 9.59 Å². The lowest BCUT2D eigenvalue weighted by Gasteiger charge is -2.25. The lowest BCUT2D eigenvalue weighted by Crippen LogP contribution is -2.34. The summed E-state index contributed by atoms with van der Waals surface area (Å²) in [4.78, 5) is 26.9. The minimum Gasteiger partial charge on any atom is -0.350 e. The summed E-state index contributed by atoms with van der Waals surface area (Å²) in [5.74, 6) is -1.73. The topological polar surface area (TPSA) is 86.8 Å². The van der Waals surface area contributed by atoms with E-state index in [0.717, 1.165) is 9.87 Å². The maximum atomic E-state index is 12.7. The maximum Gasteiger partial charge on any atom is 0.252 e. The highest BCUT2D eigenvalue weighted by Gasteiger charge is 2.42. The van der Waals surface area contributed by atoms with Crippen LogP contribution in [0.15, 0.2) is 48.5 Å². The molecule has 0 saturated carbocycles. The highest BCUT2D eigenvalue weighted by molar-refractivity contribution is 7.94. The Morgan fingerprint density at radius 3 is 2.43 bits per heavy atom. The largest absolute Gasteiger partial charge is 0.350 e. The Hall–Kier alpha value is -2.42. The molecule has 9 heteroatoms. The molecule has 3 rings (SSSR count). The van der Waals surface area contributed by atoms with Gasteiger partial charge in [-0.15, -0.1) is 0 Å². The van der Waals surface area contributed by atoms with E-state index in [4.69, 9.17) is 11.6 Å². The molecule has 1 N–H and O–H groups in total. The van der Waals surface area contributed by atoms with Crippen LogP contribution >= 0.6 is 11.6 Å². The van der Waals surface area contributed by atoms with Crippen LogP contribution in [0.2, 0.25) is 5.02 Å². The average Bonchev–Trinajstić information content (AvgIpc) is 2.89. The van der Waals surface area contributed by atoms with Crippen LogP contribution < -0.4 is 9.62 Å². The molecular weight excluding hydrogens is 426 g/mol. The van der Waals surface area contributed by atoms with Gasteiger partial charge < -0.3 is 10.2 Å². The summed E-state index contributed by atoms with van der Waals surface area (Å²) < 4.78 is 25.3. The molecule has 0 spiro atoms. The zero-order valence-corrected chi connectivity index (χ0v) is 18.6. The number of amides is 2. The van der Waals surface area contributed by atoms with Crippen molar-refractivity contribution in [3.63, 3.8) is 0 Å². The number of hydrogen-bond donors (Lipinski definition) is 1. The van der Waals surface area contributed by atoms with Crippen molar-refractivity contribution in [3.05, 3.63) is 64.7 Å². The molecule has 1 heterocycles. The van der Waals surface area contributed by atoms with Crippen molar-refractivity contribution in [1.82, 2.24) is 10.2 Å². The summed E-state index contributed by atoms with van der Waals surface area (Å²) in [7, 11) is 0.130. The number of sulfonamides is 1. The highest BCUT2D eigenvalue weighted by Crippen LogP contribution is 2.31. The van der Waals surface area contributed by atoms with Gasteiger partial charge in [0.05, 0.1) is 34.0 Å². The molecule has 2 amide bonds. The van der Waals surface area contributed by atoms with E-state index >= 15 is 0 Å². The average molecular weight is 450 g/mol. The zero-order valence-electron chi connectivity index (χ0n) is 17.0. The van der Waals surface area contributed by atoms with E-state index in [9.17, 15) is 18.0 Å². The first-order valence-electron chi connectivity index (χ1n) is 9.48. The minimum atomic E-state index is -3.73. The Bertz CT molecular complexity index is 1060. The highest BCUT2D eigenvalue weighted by atomic mass is 35.5. The van der Waals surface area contributed by atoms with Gasteiger partial charge in [0, 0.05) is 6.54 Å².